The second-order valence-corrected chi connectivity index (χ2v) is 2.35. The largest absolute Gasteiger partial charge is 0.388 e. The van der Waals surface area contributed by atoms with Gasteiger partial charge in [0.2, 0.25) is 0 Å². The normalized spacial score (nSPS) is 41.0. The molecule has 0 radical (unpaired) electrons. The zero-order chi connectivity index (χ0) is 7.72. The van der Waals surface area contributed by atoms with E-state index in [1.54, 1.807) is 0 Å². The molecule has 1 heterocycles. The predicted octanol–water partition coefficient (Wildman–Crippen LogP) is -2.20. The number of hydrogen-bond acceptors (Lipinski definition) is 5. The van der Waals surface area contributed by atoms with Gasteiger partial charge in [0.05, 0.1) is 6.61 Å². The fourth-order valence-corrected chi connectivity index (χ4v) is 0.829. The number of aliphatic hydroxyl groups excluding tert-OH is 3. The van der Waals surface area contributed by atoms with Gasteiger partial charge in [-0.05, 0) is 0 Å². The van der Waals surface area contributed by atoms with Gasteiger partial charge in [-0.15, -0.1) is 12.4 Å². The van der Waals surface area contributed by atoms with Crippen molar-refractivity contribution in [3.63, 3.8) is 0 Å². The van der Waals surface area contributed by atoms with Crippen molar-refractivity contribution >= 4 is 12.4 Å². The summed E-state index contributed by atoms with van der Waals surface area (Å²) < 4.78 is 4.69. The van der Waals surface area contributed by atoms with Gasteiger partial charge in [-0.2, -0.15) is 0 Å². The summed E-state index contributed by atoms with van der Waals surface area (Å²) in [5.74, 6) is 0. The SMILES string of the molecule is Cl.NC1OC[C@@H](O)[C@H](O)[C@H]1O.[Pt]. The first-order chi connectivity index (χ1) is 4.63. The van der Waals surface area contributed by atoms with Crippen LogP contribution in [0.3, 0.4) is 0 Å². The number of hydrogen-bond donors (Lipinski definition) is 4. The van der Waals surface area contributed by atoms with Gasteiger partial charge in [-0.25, -0.2) is 0 Å². The maximum Gasteiger partial charge on any atom is 0.134 e. The molecule has 0 aliphatic carbocycles. The topological polar surface area (TPSA) is 95.9 Å². The van der Waals surface area contributed by atoms with Crippen LogP contribution in [0.2, 0.25) is 0 Å². The Hall–Kier alpha value is 0.778. The molecule has 1 saturated heterocycles. The Morgan fingerprint density at radius 1 is 1.17 bits per heavy atom. The second-order valence-electron chi connectivity index (χ2n) is 2.35. The molecule has 1 rings (SSSR count). The molecule has 5 N–H and O–H groups in total. The van der Waals surface area contributed by atoms with Gasteiger partial charge < -0.3 is 25.8 Å². The standard InChI is InChI=1S/C5H11NO4.ClH.Pt/c6-5-4(9)3(8)2(7)1-10-5;;/h2-5,7-9H,1,6H2;1H;/t2-,3+,4-,5?;;/m1../s1. The Kier molecular flexibility index (Phi) is 7.97. The van der Waals surface area contributed by atoms with E-state index < -0.39 is 24.5 Å². The third kappa shape index (κ3) is 3.26. The molecule has 7 heteroatoms. The van der Waals surface area contributed by atoms with E-state index in [1.165, 1.54) is 0 Å². The molecule has 0 aromatic rings. The van der Waals surface area contributed by atoms with E-state index in [2.05, 4.69) is 0 Å². The monoisotopic (exact) mass is 380 g/mol. The van der Waals surface area contributed by atoms with Crippen LogP contribution in [0.5, 0.6) is 0 Å². The van der Waals surface area contributed by atoms with Crippen molar-refractivity contribution in [2.45, 2.75) is 24.5 Å². The van der Waals surface area contributed by atoms with Crippen molar-refractivity contribution < 1.29 is 41.1 Å². The van der Waals surface area contributed by atoms with Gasteiger partial charge in [0.25, 0.3) is 0 Å². The van der Waals surface area contributed by atoms with Crippen LogP contribution in [0.4, 0.5) is 0 Å². The van der Waals surface area contributed by atoms with Crippen molar-refractivity contribution in [3.05, 3.63) is 0 Å². The van der Waals surface area contributed by atoms with E-state index in [-0.39, 0.29) is 40.1 Å². The summed E-state index contributed by atoms with van der Waals surface area (Å²) in [4.78, 5) is 0. The van der Waals surface area contributed by atoms with E-state index >= 15 is 0 Å². The van der Waals surface area contributed by atoms with Crippen molar-refractivity contribution in [2.24, 2.45) is 5.73 Å². The van der Waals surface area contributed by atoms with Crippen molar-refractivity contribution in [2.75, 3.05) is 6.61 Å². The maximum atomic E-state index is 8.96. The summed E-state index contributed by atoms with van der Waals surface area (Å²) in [7, 11) is 0. The van der Waals surface area contributed by atoms with Crippen LogP contribution < -0.4 is 5.73 Å². The number of ether oxygens (including phenoxy) is 1. The molecule has 1 aliphatic rings. The van der Waals surface area contributed by atoms with Crippen molar-refractivity contribution in [1.29, 1.82) is 0 Å². The van der Waals surface area contributed by atoms with Gasteiger partial charge in [0.1, 0.15) is 24.5 Å². The second kappa shape index (κ2) is 6.27. The zero-order valence-corrected chi connectivity index (χ0v) is 9.16. The summed E-state index contributed by atoms with van der Waals surface area (Å²) in [5, 5.41) is 26.8. The molecule has 12 heavy (non-hydrogen) atoms. The van der Waals surface area contributed by atoms with Crippen LogP contribution in [0.25, 0.3) is 0 Å². The summed E-state index contributed by atoms with van der Waals surface area (Å²) >= 11 is 0. The minimum absolute atomic E-state index is 0. The number of rotatable bonds is 0. The first kappa shape index (κ1) is 15.3. The van der Waals surface area contributed by atoms with Crippen LogP contribution in [0.15, 0.2) is 0 Å². The molecule has 0 spiro atoms. The van der Waals surface area contributed by atoms with Gasteiger partial charge in [0, 0.05) is 21.1 Å². The fourth-order valence-electron chi connectivity index (χ4n) is 0.829. The first-order valence-electron chi connectivity index (χ1n) is 3.04. The summed E-state index contributed by atoms with van der Waals surface area (Å²) in [6, 6.07) is 0. The Morgan fingerprint density at radius 2 is 1.67 bits per heavy atom. The molecule has 4 atom stereocenters. The van der Waals surface area contributed by atoms with Crippen LogP contribution in [-0.4, -0.2) is 46.5 Å². The average molecular weight is 381 g/mol. The van der Waals surface area contributed by atoms with Gasteiger partial charge >= 0.3 is 0 Å². The average Bonchev–Trinajstić information content (AvgIpc) is 1.93. The molecule has 0 saturated carbocycles. The molecule has 0 aromatic carbocycles. The molecule has 5 nitrogen and oxygen atoms in total. The first-order valence-corrected chi connectivity index (χ1v) is 3.04. The molecule has 0 bridgehead atoms. The summed E-state index contributed by atoms with van der Waals surface area (Å²) in [6.07, 6.45) is -4.30. The Morgan fingerprint density at radius 3 is 2.08 bits per heavy atom. The quantitative estimate of drug-likeness (QED) is 0.383. The van der Waals surface area contributed by atoms with Crippen molar-refractivity contribution in [3.8, 4) is 0 Å². The summed E-state index contributed by atoms with van der Waals surface area (Å²) in [5.41, 5.74) is 5.19. The van der Waals surface area contributed by atoms with E-state index in [0.717, 1.165) is 0 Å². The maximum absolute atomic E-state index is 8.96. The van der Waals surface area contributed by atoms with Crippen LogP contribution in [0.1, 0.15) is 0 Å². The summed E-state index contributed by atoms with van der Waals surface area (Å²) in [6.45, 7) is -0.0284. The molecule has 1 fully saturated rings. The number of nitrogens with two attached hydrogens (primary N) is 1. The van der Waals surface area contributed by atoms with E-state index in [1.807, 2.05) is 0 Å². The van der Waals surface area contributed by atoms with Crippen molar-refractivity contribution in [1.82, 2.24) is 0 Å². The molecule has 78 valence electrons. The molecule has 0 amide bonds. The molecular weight excluding hydrogens is 369 g/mol. The minimum Gasteiger partial charge on any atom is -0.388 e. The fraction of sp³-hybridized carbons (Fsp3) is 1.00. The Bertz CT molecular complexity index is 116. The smallest absolute Gasteiger partial charge is 0.134 e. The molecule has 1 unspecified atom stereocenters. The van der Waals surface area contributed by atoms with Crippen LogP contribution in [0, 0.1) is 0 Å². The zero-order valence-electron chi connectivity index (χ0n) is 6.07. The van der Waals surface area contributed by atoms with Crippen LogP contribution in [-0.2, 0) is 25.8 Å². The van der Waals surface area contributed by atoms with E-state index in [9.17, 15) is 0 Å². The molecule has 1 aliphatic heterocycles. The number of halogens is 1. The van der Waals surface area contributed by atoms with E-state index in [0.29, 0.717) is 0 Å². The molecular formula is C5H12ClNO4Pt. The molecule has 0 aromatic heterocycles. The van der Waals surface area contributed by atoms with Gasteiger partial charge in [-0.1, -0.05) is 0 Å². The van der Waals surface area contributed by atoms with Gasteiger partial charge in [0.15, 0.2) is 0 Å². The third-order valence-corrected chi connectivity index (χ3v) is 1.54. The van der Waals surface area contributed by atoms with Crippen LogP contribution >= 0.6 is 12.4 Å². The third-order valence-electron chi connectivity index (χ3n) is 1.54. The number of aliphatic hydroxyl groups is 3. The predicted molar refractivity (Wildman–Crippen MR) is 39.2 cm³/mol. The minimum atomic E-state index is -1.19. The Labute approximate surface area is 90.6 Å². The van der Waals surface area contributed by atoms with E-state index in [4.69, 9.17) is 25.8 Å². The Balaban J connectivity index is 0. The van der Waals surface area contributed by atoms with Gasteiger partial charge in [-0.3, -0.25) is 0 Å².